The van der Waals surface area contributed by atoms with Gasteiger partial charge in [0, 0.05) is 46.0 Å². The summed E-state index contributed by atoms with van der Waals surface area (Å²) in [6, 6.07) is 5.08. The van der Waals surface area contributed by atoms with E-state index in [0.29, 0.717) is 17.6 Å². The van der Waals surface area contributed by atoms with Gasteiger partial charge in [-0.2, -0.15) is 5.10 Å². The summed E-state index contributed by atoms with van der Waals surface area (Å²) in [4.78, 5) is 6.24. The van der Waals surface area contributed by atoms with Crippen LogP contribution in [-0.4, -0.2) is 34.7 Å². The van der Waals surface area contributed by atoms with Crippen molar-refractivity contribution in [3.63, 3.8) is 0 Å². The zero-order chi connectivity index (χ0) is 16.1. The van der Waals surface area contributed by atoms with E-state index < -0.39 is 0 Å². The molecule has 0 saturated carbocycles. The molecule has 2 rings (SSSR count). The van der Waals surface area contributed by atoms with Gasteiger partial charge in [-0.3, -0.25) is 9.67 Å². The van der Waals surface area contributed by atoms with Crippen LogP contribution in [0.2, 0.25) is 0 Å². The van der Waals surface area contributed by atoms with Gasteiger partial charge >= 0.3 is 0 Å². The van der Waals surface area contributed by atoms with E-state index in [1.165, 1.54) is 6.07 Å². The summed E-state index contributed by atoms with van der Waals surface area (Å²) in [6.07, 6.45) is 3.79. The fourth-order valence-corrected chi connectivity index (χ4v) is 2.36. The van der Waals surface area contributed by atoms with Gasteiger partial charge in [-0.25, -0.2) is 4.39 Å². The molecule has 0 spiro atoms. The van der Waals surface area contributed by atoms with Crippen molar-refractivity contribution in [1.82, 2.24) is 20.0 Å². The highest BCUT2D eigenvalue weighted by atomic mass is 79.9. The summed E-state index contributed by atoms with van der Waals surface area (Å²) in [5.41, 5.74) is 1.96. The Labute approximate surface area is 138 Å². The van der Waals surface area contributed by atoms with Crippen molar-refractivity contribution in [3.8, 4) is 0 Å². The lowest BCUT2D eigenvalue weighted by Gasteiger charge is -2.21. The van der Waals surface area contributed by atoms with Crippen molar-refractivity contribution >= 4 is 21.9 Å². The maximum Gasteiger partial charge on any atom is 0.193 e. The molecule has 5 nitrogen and oxygen atoms in total. The minimum atomic E-state index is -0.266. The number of halogens is 2. The van der Waals surface area contributed by atoms with Crippen molar-refractivity contribution in [2.24, 2.45) is 12.0 Å². The van der Waals surface area contributed by atoms with Crippen LogP contribution in [0.3, 0.4) is 0 Å². The van der Waals surface area contributed by atoms with Gasteiger partial charge in [-0.05, 0) is 33.6 Å². The van der Waals surface area contributed by atoms with Gasteiger partial charge in [0.05, 0.1) is 10.7 Å². The highest BCUT2D eigenvalue weighted by Crippen LogP contribution is 2.16. The van der Waals surface area contributed by atoms with Crippen LogP contribution in [0.4, 0.5) is 4.39 Å². The largest absolute Gasteiger partial charge is 0.352 e. The third-order valence-electron chi connectivity index (χ3n) is 3.19. The van der Waals surface area contributed by atoms with Gasteiger partial charge in [0.15, 0.2) is 5.96 Å². The fraction of sp³-hybridized carbons (Fsp3) is 0.333. The molecule has 7 heteroatoms. The van der Waals surface area contributed by atoms with Crippen molar-refractivity contribution in [2.45, 2.75) is 13.1 Å². The van der Waals surface area contributed by atoms with E-state index in [0.717, 1.165) is 17.1 Å². The van der Waals surface area contributed by atoms with E-state index >= 15 is 0 Å². The molecule has 1 aromatic carbocycles. The van der Waals surface area contributed by atoms with Crippen LogP contribution in [0.1, 0.15) is 11.1 Å². The molecule has 0 radical (unpaired) electrons. The van der Waals surface area contributed by atoms with Crippen molar-refractivity contribution in [1.29, 1.82) is 0 Å². The molecule has 0 aliphatic heterocycles. The lowest BCUT2D eigenvalue weighted by atomic mass is 10.2. The van der Waals surface area contributed by atoms with E-state index in [2.05, 4.69) is 31.3 Å². The molecular weight excluding hydrogens is 349 g/mol. The molecule has 0 fully saturated rings. The van der Waals surface area contributed by atoms with Crippen LogP contribution in [0.15, 0.2) is 40.1 Å². The lowest BCUT2D eigenvalue weighted by Crippen LogP contribution is -2.38. The van der Waals surface area contributed by atoms with E-state index in [-0.39, 0.29) is 5.82 Å². The van der Waals surface area contributed by atoms with Gasteiger partial charge in [0.2, 0.25) is 0 Å². The van der Waals surface area contributed by atoms with E-state index in [1.54, 1.807) is 17.8 Å². The Bertz CT molecular complexity index is 668. The van der Waals surface area contributed by atoms with E-state index in [4.69, 9.17) is 0 Å². The van der Waals surface area contributed by atoms with Crippen molar-refractivity contribution in [3.05, 3.63) is 52.0 Å². The summed E-state index contributed by atoms with van der Waals surface area (Å²) in [5.74, 6) is 0.477. The normalized spacial score (nSPS) is 11.6. The maximum atomic E-state index is 13.5. The van der Waals surface area contributed by atoms with Crippen LogP contribution in [0.5, 0.6) is 0 Å². The first-order valence-electron chi connectivity index (χ1n) is 6.83. The molecular formula is C15H19BrFN5. The summed E-state index contributed by atoms with van der Waals surface area (Å²) in [5, 5.41) is 7.38. The maximum absolute atomic E-state index is 13.5. The highest BCUT2D eigenvalue weighted by Gasteiger charge is 2.08. The monoisotopic (exact) mass is 367 g/mol. The summed E-state index contributed by atoms with van der Waals surface area (Å²) < 4.78 is 15.7. The third-order valence-corrected chi connectivity index (χ3v) is 3.83. The Morgan fingerprint density at radius 3 is 2.82 bits per heavy atom. The number of hydrogen-bond donors (Lipinski definition) is 1. The van der Waals surface area contributed by atoms with Gasteiger partial charge in [-0.15, -0.1) is 0 Å². The van der Waals surface area contributed by atoms with Crippen molar-refractivity contribution < 1.29 is 4.39 Å². The number of nitrogens with zero attached hydrogens (tertiary/aromatic N) is 4. The van der Waals surface area contributed by atoms with Gasteiger partial charge in [0.1, 0.15) is 5.82 Å². The minimum Gasteiger partial charge on any atom is -0.352 e. The van der Waals surface area contributed by atoms with Crippen LogP contribution in [0, 0.1) is 5.82 Å². The SMILES string of the molecule is CN=C(NCc1ccc(Br)c(F)c1)N(C)Cc1cnn(C)c1. The number of aryl methyl sites for hydroxylation is 1. The van der Waals surface area contributed by atoms with Crippen LogP contribution < -0.4 is 5.32 Å². The second kappa shape index (κ2) is 7.40. The lowest BCUT2D eigenvalue weighted by molar-refractivity contribution is 0.476. The molecule has 0 bridgehead atoms. The van der Waals surface area contributed by atoms with Gasteiger partial charge in [0.25, 0.3) is 0 Å². The molecule has 22 heavy (non-hydrogen) atoms. The molecule has 0 amide bonds. The molecule has 2 aromatic rings. The van der Waals surface area contributed by atoms with Gasteiger partial charge < -0.3 is 10.2 Å². The molecule has 1 heterocycles. The fourth-order valence-electron chi connectivity index (χ4n) is 2.12. The number of aliphatic imine (C=N–C) groups is 1. The molecule has 1 aromatic heterocycles. The first kappa shape index (κ1) is 16.5. The molecule has 0 saturated heterocycles. The molecule has 0 aliphatic carbocycles. The zero-order valence-corrected chi connectivity index (χ0v) is 14.4. The Morgan fingerprint density at radius 2 is 2.23 bits per heavy atom. The van der Waals surface area contributed by atoms with Gasteiger partial charge in [-0.1, -0.05) is 6.07 Å². The van der Waals surface area contributed by atoms with E-state index in [9.17, 15) is 4.39 Å². The quantitative estimate of drug-likeness (QED) is 0.667. The number of aromatic nitrogens is 2. The number of benzene rings is 1. The summed E-state index contributed by atoms with van der Waals surface area (Å²) in [6.45, 7) is 1.20. The molecule has 0 atom stereocenters. The number of hydrogen-bond acceptors (Lipinski definition) is 2. The Balaban J connectivity index is 1.95. The topological polar surface area (TPSA) is 45.5 Å². The smallest absolute Gasteiger partial charge is 0.193 e. The van der Waals surface area contributed by atoms with Crippen LogP contribution in [-0.2, 0) is 20.1 Å². The number of nitrogens with one attached hydrogen (secondary N) is 1. The summed E-state index contributed by atoms with van der Waals surface area (Å²) in [7, 11) is 5.56. The number of rotatable bonds is 4. The molecule has 118 valence electrons. The molecule has 1 N–H and O–H groups in total. The first-order valence-corrected chi connectivity index (χ1v) is 7.62. The predicted octanol–water partition coefficient (Wildman–Crippen LogP) is 2.53. The Kier molecular flexibility index (Phi) is 5.54. The number of guanidine groups is 1. The van der Waals surface area contributed by atoms with Crippen LogP contribution in [0.25, 0.3) is 0 Å². The second-order valence-electron chi connectivity index (χ2n) is 5.03. The zero-order valence-electron chi connectivity index (χ0n) is 12.8. The average Bonchev–Trinajstić information content (AvgIpc) is 2.88. The minimum absolute atomic E-state index is 0.266. The van der Waals surface area contributed by atoms with Crippen LogP contribution >= 0.6 is 15.9 Å². The van der Waals surface area contributed by atoms with E-state index in [1.807, 2.05) is 37.5 Å². The molecule has 0 aliphatic rings. The average molecular weight is 368 g/mol. The Hall–Kier alpha value is -1.89. The standard InChI is InChI=1S/C15H19BrFN5/c1-18-15(21(2)9-12-8-20-22(3)10-12)19-7-11-4-5-13(16)14(17)6-11/h4-6,8,10H,7,9H2,1-3H3,(H,18,19). The second-order valence-corrected chi connectivity index (χ2v) is 5.88. The highest BCUT2D eigenvalue weighted by molar-refractivity contribution is 9.10. The van der Waals surface area contributed by atoms with Crippen molar-refractivity contribution in [2.75, 3.05) is 14.1 Å². The summed E-state index contributed by atoms with van der Waals surface area (Å²) >= 11 is 3.15. The first-order chi connectivity index (χ1) is 10.5. The third kappa shape index (κ3) is 4.30. The predicted molar refractivity (Wildman–Crippen MR) is 89.0 cm³/mol. The Morgan fingerprint density at radius 1 is 1.45 bits per heavy atom. The molecule has 0 unspecified atom stereocenters.